The summed E-state index contributed by atoms with van der Waals surface area (Å²) in [6, 6.07) is 6.96. The van der Waals surface area contributed by atoms with Crippen molar-refractivity contribution in [2.24, 2.45) is 11.5 Å². The Morgan fingerprint density at radius 2 is 1.89 bits per heavy atom. The third-order valence-corrected chi connectivity index (χ3v) is 10.0. The van der Waals surface area contributed by atoms with Crippen LogP contribution in [0, 0.1) is 0 Å². The Morgan fingerprint density at radius 3 is 2.55 bits per heavy atom. The summed E-state index contributed by atoms with van der Waals surface area (Å²) in [6.07, 6.45) is -2.29. The number of hydrogen-bond donors (Lipinski definition) is 10. The average molecular weight is 764 g/mol. The summed E-state index contributed by atoms with van der Waals surface area (Å²) in [5.74, 6) is -1.97. The number of nitrogens with one attached hydrogen (secondary N) is 5. The first-order valence-corrected chi connectivity index (χ1v) is 18.0. The van der Waals surface area contributed by atoms with Gasteiger partial charge in [0.15, 0.2) is 6.10 Å². The van der Waals surface area contributed by atoms with Gasteiger partial charge >= 0.3 is 19.5 Å². The second-order valence-corrected chi connectivity index (χ2v) is 13.9. The van der Waals surface area contributed by atoms with E-state index in [4.69, 9.17) is 30.3 Å². The first-order valence-electron chi connectivity index (χ1n) is 17.1. The number of thioether (sulfide) groups is 1. The minimum atomic E-state index is -1.46. The van der Waals surface area contributed by atoms with Crippen LogP contribution in [-0.2, 0) is 46.1 Å². The molecule has 19 nitrogen and oxygen atoms in total. The molecule has 0 spiro atoms. The number of aliphatic hydroxyl groups is 3. The molecule has 2 aromatic rings. The van der Waals surface area contributed by atoms with E-state index in [1.807, 2.05) is 30.3 Å². The third kappa shape index (κ3) is 12.9. The number of hydrogen-bond acceptors (Lipinski definition) is 15. The zero-order chi connectivity index (χ0) is 38.3. The number of imidazole rings is 1. The molecular weight excluding hydrogens is 715 g/mol. The molecule has 1 aromatic carbocycles. The minimum absolute atomic E-state index is 0.0135. The standard InChI is InChI=1S/C32H48BN8O11S/c1-36-20(7-17-5-3-2-4-6-17)30(46)39-15-33-52-26-10-22(50-27-9-19(34)28(41-32(35)48)24(14-43)53-27)29(23(13-42)49-26)51-25(45)12-38-31(47)21(44)8-18-11-37-16-40-18/h2-6,11,16,19-24,26-29,36,42-44H,7-10,12-15,34H2,1H3,(H,37,40)(H,38,47)(H,39,46)(H3,35,41,48)/t19-,20-,21-,22+,23+,24-,26-,27+,28-,29-/m0/s1. The van der Waals surface area contributed by atoms with Crippen molar-refractivity contribution < 1.29 is 53.4 Å². The van der Waals surface area contributed by atoms with Crippen LogP contribution in [-0.4, -0.2) is 149 Å². The number of aromatic amines is 1. The molecule has 3 heterocycles. The number of amides is 4. The third-order valence-electron chi connectivity index (χ3n) is 8.63. The number of benzene rings is 1. The average Bonchev–Trinajstić information content (AvgIpc) is 3.66. The zero-order valence-corrected chi connectivity index (χ0v) is 30.0. The number of H-pyrrole nitrogens is 1. The van der Waals surface area contributed by atoms with Gasteiger partial charge in [-0.05, 0) is 19.0 Å². The monoisotopic (exact) mass is 763 g/mol. The van der Waals surface area contributed by atoms with Gasteiger partial charge in [0.1, 0.15) is 36.6 Å². The number of urea groups is 1. The molecule has 4 rings (SSSR count). The SMILES string of the molecule is CN[C@@H](Cc1ccccc1)C(=O)NC[B]O[C@H]1C[C@@H](O[C@H]2C[C@H](N)[C@H](NC(N)=O)[C@H](CO)S2)[C@H](OC(=O)CNC(=O)[C@@H](O)Cc2cnc[nH]2)[C@@H](CO)O1. The highest BCUT2D eigenvalue weighted by Crippen LogP contribution is 2.36. The number of nitrogens with zero attached hydrogens (tertiary/aromatic N) is 1. The van der Waals surface area contributed by atoms with Gasteiger partial charge in [0.2, 0.25) is 11.8 Å². The van der Waals surface area contributed by atoms with E-state index in [0.717, 1.165) is 5.56 Å². The molecule has 12 N–H and O–H groups in total. The van der Waals surface area contributed by atoms with Gasteiger partial charge in [-0.1, -0.05) is 30.3 Å². The number of ether oxygens (including phenoxy) is 3. The molecule has 2 aliphatic heterocycles. The maximum atomic E-state index is 13.0. The fourth-order valence-electron chi connectivity index (χ4n) is 5.96. The molecule has 0 unspecified atom stereocenters. The van der Waals surface area contributed by atoms with Crippen molar-refractivity contribution in [2.45, 2.75) is 85.2 Å². The first-order chi connectivity index (χ1) is 25.5. The molecule has 4 amide bonds. The highest BCUT2D eigenvalue weighted by Gasteiger charge is 2.45. The van der Waals surface area contributed by atoms with Gasteiger partial charge in [0.05, 0.1) is 36.9 Å². The van der Waals surface area contributed by atoms with Gasteiger partial charge in [-0.15, -0.1) is 11.8 Å². The van der Waals surface area contributed by atoms with Crippen LogP contribution in [0.1, 0.15) is 24.1 Å². The predicted molar refractivity (Wildman–Crippen MR) is 191 cm³/mol. The lowest BCUT2D eigenvalue weighted by Crippen LogP contribution is -2.60. The van der Waals surface area contributed by atoms with Crippen molar-refractivity contribution >= 4 is 43.1 Å². The highest BCUT2D eigenvalue weighted by atomic mass is 32.2. The number of esters is 1. The van der Waals surface area contributed by atoms with Crippen LogP contribution in [0.2, 0.25) is 0 Å². The van der Waals surface area contributed by atoms with E-state index in [1.165, 1.54) is 31.8 Å². The Bertz CT molecular complexity index is 1450. The van der Waals surface area contributed by atoms with E-state index in [9.17, 15) is 34.5 Å². The van der Waals surface area contributed by atoms with Crippen LogP contribution in [0.3, 0.4) is 0 Å². The van der Waals surface area contributed by atoms with E-state index in [1.54, 1.807) is 7.05 Å². The number of likely N-dealkylation sites (N-methyl/N-ethyl adjacent to an activating group) is 1. The second kappa shape index (κ2) is 21.2. The van der Waals surface area contributed by atoms with Crippen LogP contribution < -0.4 is 32.7 Å². The number of primary amides is 1. The van der Waals surface area contributed by atoms with E-state index < -0.39 is 90.6 Å². The smallest absolute Gasteiger partial charge is 0.325 e. The van der Waals surface area contributed by atoms with Crippen LogP contribution in [0.4, 0.5) is 4.79 Å². The largest absolute Gasteiger partial charge is 0.455 e. The molecule has 2 saturated heterocycles. The van der Waals surface area contributed by atoms with Crippen molar-refractivity contribution in [2.75, 3.05) is 33.3 Å². The molecule has 53 heavy (non-hydrogen) atoms. The number of carbonyl (C=O) groups is 4. The quantitative estimate of drug-likeness (QED) is 0.0378. The van der Waals surface area contributed by atoms with Crippen molar-refractivity contribution in [3.8, 4) is 0 Å². The Balaban J connectivity index is 1.37. The van der Waals surface area contributed by atoms with Crippen LogP contribution in [0.15, 0.2) is 42.9 Å². The summed E-state index contributed by atoms with van der Waals surface area (Å²) in [6.45, 7) is -1.58. The molecular formula is C32H48BN8O11S. The summed E-state index contributed by atoms with van der Waals surface area (Å²) in [5, 5.41) is 40.6. The Hall–Kier alpha value is -3.80. The van der Waals surface area contributed by atoms with Crippen molar-refractivity contribution in [3.63, 3.8) is 0 Å². The lowest BCUT2D eigenvalue weighted by molar-refractivity contribution is -0.249. The molecule has 2 fully saturated rings. The van der Waals surface area contributed by atoms with Crippen molar-refractivity contribution in [1.29, 1.82) is 0 Å². The summed E-state index contributed by atoms with van der Waals surface area (Å²) < 4.78 is 23.8. The van der Waals surface area contributed by atoms with Gasteiger partial charge in [0, 0.05) is 43.6 Å². The van der Waals surface area contributed by atoms with E-state index in [2.05, 4.69) is 31.2 Å². The minimum Gasteiger partial charge on any atom is -0.455 e. The Morgan fingerprint density at radius 1 is 1.11 bits per heavy atom. The zero-order valence-electron chi connectivity index (χ0n) is 29.2. The number of nitrogens with two attached hydrogens (primary N) is 2. The van der Waals surface area contributed by atoms with Crippen molar-refractivity contribution in [3.05, 3.63) is 54.1 Å². The summed E-state index contributed by atoms with van der Waals surface area (Å²) in [7, 11) is 3.03. The lowest BCUT2D eigenvalue weighted by Gasteiger charge is -2.44. The first kappa shape index (κ1) is 42.0. The summed E-state index contributed by atoms with van der Waals surface area (Å²) in [5.41, 5.74) is 12.5. The predicted octanol–water partition coefficient (Wildman–Crippen LogP) is -3.44. The topological polar surface area (TPSA) is 295 Å². The van der Waals surface area contributed by atoms with Crippen LogP contribution in [0.25, 0.3) is 0 Å². The second-order valence-electron chi connectivity index (χ2n) is 12.5. The summed E-state index contributed by atoms with van der Waals surface area (Å²) >= 11 is 1.20. The van der Waals surface area contributed by atoms with Gasteiger partial charge in [-0.3, -0.25) is 14.4 Å². The number of aromatic nitrogens is 2. The molecule has 21 heteroatoms. The van der Waals surface area contributed by atoms with E-state index in [0.29, 0.717) is 12.1 Å². The van der Waals surface area contributed by atoms with Gasteiger partial charge in [-0.25, -0.2) is 9.78 Å². The fraction of sp³-hybridized carbons (Fsp3) is 0.594. The van der Waals surface area contributed by atoms with E-state index >= 15 is 0 Å². The Kier molecular flexibility index (Phi) is 16.8. The molecule has 2 aliphatic rings. The number of aliphatic hydroxyl groups excluding tert-OH is 3. The van der Waals surface area contributed by atoms with Gasteiger partial charge < -0.3 is 71.9 Å². The number of rotatable bonds is 19. The van der Waals surface area contributed by atoms with E-state index in [-0.39, 0.29) is 38.2 Å². The van der Waals surface area contributed by atoms with Crippen LogP contribution >= 0.6 is 11.8 Å². The molecule has 0 aliphatic carbocycles. The normalized spacial score (nSPS) is 26.8. The number of carbonyl (C=O) groups excluding carboxylic acids is 4. The maximum absolute atomic E-state index is 13.0. The molecule has 1 radical (unpaired) electrons. The van der Waals surface area contributed by atoms with Crippen molar-refractivity contribution in [1.82, 2.24) is 31.2 Å². The molecule has 0 bridgehead atoms. The Labute approximate surface area is 311 Å². The van der Waals surface area contributed by atoms with Crippen LogP contribution in [0.5, 0.6) is 0 Å². The molecule has 0 saturated carbocycles. The lowest BCUT2D eigenvalue weighted by atomic mass is 9.97. The molecule has 1 aromatic heterocycles. The highest BCUT2D eigenvalue weighted by molar-refractivity contribution is 8.00. The molecule has 10 atom stereocenters. The molecule has 291 valence electrons. The maximum Gasteiger partial charge on any atom is 0.325 e. The van der Waals surface area contributed by atoms with Gasteiger partial charge in [-0.2, -0.15) is 0 Å². The fourth-order valence-corrected chi connectivity index (χ4v) is 7.41. The summed E-state index contributed by atoms with van der Waals surface area (Å²) in [4.78, 5) is 56.4. The van der Waals surface area contributed by atoms with Gasteiger partial charge in [0.25, 0.3) is 0 Å².